The lowest BCUT2D eigenvalue weighted by atomic mass is 10.1. The molecule has 0 aliphatic carbocycles. The second-order valence-corrected chi connectivity index (χ2v) is 7.33. The third kappa shape index (κ3) is 5.22. The fourth-order valence-corrected chi connectivity index (χ4v) is 3.35. The second kappa shape index (κ2) is 9.51. The van der Waals surface area contributed by atoms with Crippen LogP contribution in [0.1, 0.15) is 17.7 Å². The zero-order valence-corrected chi connectivity index (χ0v) is 17.0. The molecule has 3 aromatic rings. The van der Waals surface area contributed by atoms with E-state index in [-0.39, 0.29) is 12.1 Å². The van der Waals surface area contributed by atoms with Crippen LogP contribution in [0.15, 0.2) is 54.7 Å². The molecule has 1 fully saturated rings. The predicted molar refractivity (Wildman–Crippen MR) is 116 cm³/mol. The zero-order valence-electron chi connectivity index (χ0n) is 17.0. The largest absolute Gasteiger partial charge is 0.376 e. The van der Waals surface area contributed by atoms with Gasteiger partial charge in [-0.3, -0.25) is 0 Å². The third-order valence-electron chi connectivity index (χ3n) is 5.05. The Morgan fingerprint density at radius 1 is 1.20 bits per heavy atom. The number of ether oxygens (including phenoxy) is 1. The molecular weight excluding hydrogens is 380 g/mol. The molecule has 8 heteroatoms. The Kier molecular flexibility index (Phi) is 6.36. The normalized spacial score (nSPS) is 16.2. The van der Waals surface area contributed by atoms with Crippen LogP contribution >= 0.6 is 0 Å². The number of anilines is 2. The molecule has 8 nitrogen and oxygen atoms in total. The van der Waals surface area contributed by atoms with E-state index in [0.29, 0.717) is 5.69 Å². The molecule has 30 heavy (non-hydrogen) atoms. The van der Waals surface area contributed by atoms with Crippen molar-refractivity contribution in [3.63, 3.8) is 0 Å². The van der Waals surface area contributed by atoms with Crippen LogP contribution in [0.25, 0.3) is 5.69 Å². The van der Waals surface area contributed by atoms with E-state index in [2.05, 4.69) is 26.3 Å². The number of urea groups is 1. The van der Waals surface area contributed by atoms with Gasteiger partial charge in [0.1, 0.15) is 0 Å². The van der Waals surface area contributed by atoms with Crippen molar-refractivity contribution >= 4 is 17.4 Å². The Morgan fingerprint density at radius 2 is 2.03 bits per heavy atom. The molecule has 1 aliphatic heterocycles. The molecule has 1 atom stereocenters. The number of carbonyl (C=O) groups is 1. The summed E-state index contributed by atoms with van der Waals surface area (Å²) >= 11 is 0. The maximum Gasteiger partial charge on any atom is 0.323 e. The monoisotopic (exact) mass is 406 g/mol. The van der Waals surface area contributed by atoms with E-state index >= 15 is 0 Å². The molecule has 156 valence electrons. The Balaban J connectivity index is 1.31. The molecule has 1 aliphatic rings. The van der Waals surface area contributed by atoms with E-state index in [4.69, 9.17) is 4.74 Å². The van der Waals surface area contributed by atoms with Crippen LogP contribution in [0, 0.1) is 6.92 Å². The molecule has 0 radical (unpaired) electrons. The van der Waals surface area contributed by atoms with E-state index in [1.807, 2.05) is 61.7 Å². The summed E-state index contributed by atoms with van der Waals surface area (Å²) in [5.74, 6) is 0. The van der Waals surface area contributed by atoms with Crippen LogP contribution in [0.5, 0.6) is 0 Å². The van der Waals surface area contributed by atoms with E-state index in [1.54, 1.807) is 4.68 Å². The number of rotatable bonds is 6. The summed E-state index contributed by atoms with van der Waals surface area (Å²) < 4.78 is 7.47. The van der Waals surface area contributed by atoms with Crippen LogP contribution in [-0.4, -0.2) is 46.8 Å². The fraction of sp³-hybridized carbons (Fsp3) is 0.318. The Hall–Kier alpha value is -3.23. The maximum absolute atomic E-state index is 12.2. The highest BCUT2D eigenvalue weighted by molar-refractivity contribution is 6.00. The number of morpholine rings is 1. The average Bonchev–Trinajstić information content (AvgIpc) is 3.24. The van der Waals surface area contributed by atoms with Gasteiger partial charge in [0, 0.05) is 24.5 Å². The van der Waals surface area contributed by atoms with Crippen molar-refractivity contribution in [1.82, 2.24) is 20.3 Å². The van der Waals surface area contributed by atoms with Crippen LogP contribution < -0.4 is 16.0 Å². The van der Waals surface area contributed by atoms with Crippen LogP contribution in [0.2, 0.25) is 0 Å². The van der Waals surface area contributed by atoms with Gasteiger partial charge in [0.25, 0.3) is 0 Å². The van der Waals surface area contributed by atoms with Gasteiger partial charge in [0.15, 0.2) is 0 Å². The minimum absolute atomic E-state index is 0.236. The van der Waals surface area contributed by atoms with E-state index in [0.717, 1.165) is 55.2 Å². The topological polar surface area (TPSA) is 93.1 Å². The fourth-order valence-electron chi connectivity index (χ4n) is 3.35. The van der Waals surface area contributed by atoms with Crippen LogP contribution in [0.4, 0.5) is 16.2 Å². The maximum atomic E-state index is 12.2. The first-order valence-electron chi connectivity index (χ1n) is 10.1. The summed E-state index contributed by atoms with van der Waals surface area (Å²) in [6.45, 7) is 4.53. The van der Waals surface area contributed by atoms with Crippen LogP contribution in [0.3, 0.4) is 0 Å². The van der Waals surface area contributed by atoms with Gasteiger partial charge < -0.3 is 20.7 Å². The molecule has 0 bridgehead atoms. The highest BCUT2D eigenvalue weighted by Crippen LogP contribution is 2.16. The smallest absolute Gasteiger partial charge is 0.323 e. The number of nitrogens with one attached hydrogen (secondary N) is 3. The van der Waals surface area contributed by atoms with Crippen molar-refractivity contribution in [3.05, 3.63) is 66.0 Å². The number of hydrogen-bond donors (Lipinski definition) is 3. The molecule has 0 saturated carbocycles. The van der Waals surface area contributed by atoms with Gasteiger partial charge in [-0.1, -0.05) is 23.4 Å². The van der Waals surface area contributed by atoms with E-state index in [1.165, 1.54) is 0 Å². The lowest BCUT2D eigenvalue weighted by Gasteiger charge is -2.23. The Bertz CT molecular complexity index is 979. The van der Waals surface area contributed by atoms with Crippen molar-refractivity contribution in [2.75, 3.05) is 30.3 Å². The first-order valence-corrected chi connectivity index (χ1v) is 10.1. The summed E-state index contributed by atoms with van der Waals surface area (Å²) in [7, 11) is 0. The summed E-state index contributed by atoms with van der Waals surface area (Å²) in [5, 5.41) is 17.5. The summed E-state index contributed by atoms with van der Waals surface area (Å²) in [6.07, 6.45) is 3.92. The second-order valence-electron chi connectivity index (χ2n) is 7.33. The first-order chi connectivity index (χ1) is 14.7. The van der Waals surface area contributed by atoms with E-state index < -0.39 is 0 Å². The molecule has 1 unspecified atom stereocenters. The lowest BCUT2D eigenvalue weighted by Crippen LogP contribution is -2.38. The van der Waals surface area contributed by atoms with Gasteiger partial charge in [0.2, 0.25) is 0 Å². The molecular formula is C22H26N6O2. The number of carbonyl (C=O) groups excluding carboxylic acids is 1. The van der Waals surface area contributed by atoms with Crippen molar-refractivity contribution < 1.29 is 9.53 Å². The van der Waals surface area contributed by atoms with Gasteiger partial charge in [-0.2, -0.15) is 0 Å². The molecule has 4 rings (SSSR count). The van der Waals surface area contributed by atoms with Crippen molar-refractivity contribution in [1.29, 1.82) is 0 Å². The zero-order chi connectivity index (χ0) is 20.8. The van der Waals surface area contributed by atoms with Gasteiger partial charge >= 0.3 is 6.03 Å². The number of para-hydroxylation sites is 1. The van der Waals surface area contributed by atoms with Gasteiger partial charge in [-0.15, -0.1) is 5.10 Å². The Morgan fingerprint density at radius 3 is 2.80 bits per heavy atom. The van der Waals surface area contributed by atoms with Crippen molar-refractivity contribution in [3.8, 4) is 5.69 Å². The summed E-state index contributed by atoms with van der Waals surface area (Å²) in [6, 6.07) is 14.9. The standard InChI is InChI=1S/C22H26N6O2/c1-16-4-2-3-5-21(16)25-22(29)24-17-6-9-19(10-7-17)28-15-18(26-27-28)8-11-20-14-23-12-13-30-20/h2-7,9-10,15,20,23H,8,11-14H2,1H3,(H2,24,25,29). The molecule has 1 saturated heterocycles. The number of benzene rings is 2. The number of nitrogens with zero attached hydrogens (tertiary/aromatic N) is 3. The number of hydrogen-bond acceptors (Lipinski definition) is 5. The summed E-state index contributed by atoms with van der Waals surface area (Å²) in [5.41, 5.74) is 4.32. The predicted octanol–water partition coefficient (Wildman–Crippen LogP) is 3.14. The molecule has 3 N–H and O–H groups in total. The minimum Gasteiger partial charge on any atom is -0.376 e. The number of amides is 2. The number of aromatic nitrogens is 3. The first kappa shape index (κ1) is 20.1. The quantitative estimate of drug-likeness (QED) is 0.585. The average molecular weight is 406 g/mol. The molecule has 0 spiro atoms. The molecule has 1 aromatic heterocycles. The molecule has 2 amide bonds. The highest BCUT2D eigenvalue weighted by Gasteiger charge is 2.14. The minimum atomic E-state index is -0.278. The highest BCUT2D eigenvalue weighted by atomic mass is 16.5. The third-order valence-corrected chi connectivity index (χ3v) is 5.05. The number of aryl methyl sites for hydroxylation is 2. The van der Waals surface area contributed by atoms with Crippen molar-refractivity contribution in [2.24, 2.45) is 0 Å². The summed E-state index contributed by atoms with van der Waals surface area (Å²) in [4.78, 5) is 12.2. The SMILES string of the molecule is Cc1ccccc1NC(=O)Nc1ccc(-n2cc(CCC3CNCCO3)nn2)cc1. The van der Waals surface area contributed by atoms with Gasteiger partial charge in [-0.25, -0.2) is 9.48 Å². The van der Waals surface area contributed by atoms with E-state index in [9.17, 15) is 4.79 Å². The van der Waals surface area contributed by atoms with Gasteiger partial charge in [0.05, 0.1) is 30.3 Å². The van der Waals surface area contributed by atoms with Crippen LogP contribution in [-0.2, 0) is 11.2 Å². The lowest BCUT2D eigenvalue weighted by molar-refractivity contribution is 0.0237. The Labute approximate surface area is 175 Å². The van der Waals surface area contributed by atoms with Gasteiger partial charge in [-0.05, 0) is 55.7 Å². The van der Waals surface area contributed by atoms with Crippen molar-refractivity contribution in [2.45, 2.75) is 25.9 Å². The molecule has 2 aromatic carbocycles. The molecule has 2 heterocycles.